The third-order valence-corrected chi connectivity index (χ3v) is 1.71. The number of hydrazine groups is 3. The van der Waals surface area contributed by atoms with Crippen LogP contribution >= 0.6 is 0 Å². The highest BCUT2D eigenvalue weighted by atomic mass is 15.8. The van der Waals surface area contributed by atoms with Gasteiger partial charge < -0.3 is 5.73 Å². The molecule has 0 spiro atoms. The van der Waals surface area contributed by atoms with E-state index in [2.05, 4.69) is 0 Å². The molecular weight excluding hydrogens is 156 g/mol. The Morgan fingerprint density at radius 3 is 2.58 bits per heavy atom. The molecule has 0 aromatic carbocycles. The number of rotatable bonds is 0. The fourth-order valence-corrected chi connectivity index (χ4v) is 1.14. The van der Waals surface area contributed by atoms with Crippen LogP contribution in [-0.2, 0) is 0 Å². The highest BCUT2D eigenvalue weighted by Gasteiger charge is 2.23. The Balaban J connectivity index is 2.35. The van der Waals surface area contributed by atoms with Crippen molar-refractivity contribution < 1.29 is 0 Å². The minimum atomic E-state index is 0.595. The van der Waals surface area contributed by atoms with Gasteiger partial charge in [-0.2, -0.15) is 0 Å². The summed E-state index contributed by atoms with van der Waals surface area (Å²) in [6, 6.07) is 0. The van der Waals surface area contributed by atoms with Crippen molar-refractivity contribution in [1.82, 2.24) is 15.1 Å². The summed E-state index contributed by atoms with van der Waals surface area (Å²) in [6.45, 7) is 0. The van der Waals surface area contributed by atoms with Gasteiger partial charge in [0.05, 0.1) is 11.9 Å². The molecule has 2 aliphatic rings. The molecule has 0 unspecified atom stereocenters. The molecule has 6 N–H and O–H groups in total. The van der Waals surface area contributed by atoms with Crippen LogP contribution in [-0.4, -0.2) is 15.1 Å². The van der Waals surface area contributed by atoms with E-state index in [0.29, 0.717) is 5.70 Å². The molecule has 0 radical (unpaired) electrons. The van der Waals surface area contributed by atoms with E-state index in [1.807, 2.05) is 0 Å². The van der Waals surface area contributed by atoms with Gasteiger partial charge >= 0.3 is 0 Å². The predicted molar refractivity (Wildman–Crippen MR) is 43.4 cm³/mol. The van der Waals surface area contributed by atoms with E-state index in [1.165, 1.54) is 10.1 Å². The third-order valence-electron chi connectivity index (χ3n) is 1.71. The van der Waals surface area contributed by atoms with Gasteiger partial charge in [-0.15, -0.1) is 0 Å². The second kappa shape index (κ2) is 2.16. The third kappa shape index (κ3) is 0.825. The first-order chi connectivity index (χ1) is 5.68. The zero-order valence-electron chi connectivity index (χ0n) is 6.38. The summed E-state index contributed by atoms with van der Waals surface area (Å²) in [7, 11) is 0. The van der Waals surface area contributed by atoms with E-state index in [9.17, 15) is 0 Å². The highest BCUT2D eigenvalue weighted by Crippen LogP contribution is 2.23. The predicted octanol–water partition coefficient (Wildman–Crippen LogP) is -1.31. The Hall–Kier alpha value is -1.66. The van der Waals surface area contributed by atoms with Crippen molar-refractivity contribution in [3.8, 4) is 0 Å². The molecule has 0 fully saturated rings. The lowest BCUT2D eigenvalue weighted by atomic mass is 10.3. The van der Waals surface area contributed by atoms with Gasteiger partial charge in [-0.25, -0.2) is 21.8 Å². The van der Waals surface area contributed by atoms with Gasteiger partial charge in [0.15, 0.2) is 0 Å². The molecule has 2 aliphatic heterocycles. The normalized spacial score (nSPS) is 21.0. The summed E-state index contributed by atoms with van der Waals surface area (Å²) in [6.07, 6.45) is 6.72. The van der Waals surface area contributed by atoms with Crippen molar-refractivity contribution in [2.45, 2.75) is 0 Å². The van der Waals surface area contributed by atoms with Gasteiger partial charge in [0.2, 0.25) is 0 Å². The molecule has 12 heavy (non-hydrogen) atoms. The Bertz CT molecular complexity index is 290. The Kier molecular flexibility index (Phi) is 1.26. The molecule has 0 bridgehead atoms. The molecule has 6 heteroatoms. The Morgan fingerprint density at radius 1 is 1.08 bits per heavy atom. The summed E-state index contributed by atoms with van der Waals surface area (Å²) < 4.78 is 0. The zero-order valence-corrected chi connectivity index (χ0v) is 6.38. The van der Waals surface area contributed by atoms with Gasteiger partial charge in [0, 0.05) is 18.6 Å². The summed E-state index contributed by atoms with van der Waals surface area (Å²) >= 11 is 0. The average Bonchev–Trinajstić information content (AvgIpc) is 2.28. The fraction of sp³-hybridized carbons (Fsp3) is 0. The van der Waals surface area contributed by atoms with Crippen LogP contribution in [0.3, 0.4) is 0 Å². The lowest BCUT2D eigenvalue weighted by molar-refractivity contribution is 0.131. The molecule has 0 aromatic rings. The van der Waals surface area contributed by atoms with Crippen LogP contribution in [0.25, 0.3) is 0 Å². The molecule has 64 valence electrons. The quantitative estimate of drug-likeness (QED) is 0.387. The first kappa shape index (κ1) is 7.01. The van der Waals surface area contributed by atoms with Crippen LogP contribution in [0.5, 0.6) is 0 Å². The Labute approximate surface area is 69.7 Å². The molecule has 0 aliphatic carbocycles. The summed E-state index contributed by atoms with van der Waals surface area (Å²) in [4.78, 5) is 0. The minimum Gasteiger partial charge on any atom is -0.396 e. The van der Waals surface area contributed by atoms with E-state index >= 15 is 0 Å². The van der Waals surface area contributed by atoms with E-state index in [1.54, 1.807) is 29.8 Å². The van der Waals surface area contributed by atoms with Crippen molar-refractivity contribution in [3.63, 3.8) is 0 Å². The van der Waals surface area contributed by atoms with Gasteiger partial charge in [0.1, 0.15) is 5.70 Å². The second-order valence-electron chi connectivity index (χ2n) is 2.57. The molecule has 2 rings (SSSR count). The molecule has 0 atom stereocenters. The lowest BCUT2D eigenvalue weighted by Crippen LogP contribution is -2.38. The van der Waals surface area contributed by atoms with Crippen molar-refractivity contribution in [3.05, 3.63) is 36.2 Å². The molecule has 0 saturated carbocycles. The van der Waals surface area contributed by atoms with Crippen molar-refractivity contribution in [2.24, 2.45) is 17.4 Å². The molecule has 0 saturated heterocycles. The monoisotopic (exact) mass is 166 g/mol. The van der Waals surface area contributed by atoms with Crippen molar-refractivity contribution in [2.75, 3.05) is 0 Å². The molecule has 0 amide bonds. The maximum Gasteiger partial charge on any atom is 0.106 e. The molecular formula is C6H10N6. The van der Waals surface area contributed by atoms with Crippen LogP contribution < -0.4 is 17.4 Å². The van der Waals surface area contributed by atoms with Crippen molar-refractivity contribution in [1.29, 1.82) is 0 Å². The Morgan fingerprint density at radius 2 is 1.83 bits per heavy atom. The van der Waals surface area contributed by atoms with E-state index in [4.69, 9.17) is 17.4 Å². The summed E-state index contributed by atoms with van der Waals surface area (Å²) in [5.74, 6) is 11.1. The summed E-state index contributed by atoms with van der Waals surface area (Å²) in [5.41, 5.74) is 7.03. The smallest absolute Gasteiger partial charge is 0.106 e. The molecule has 6 nitrogen and oxygen atoms in total. The number of hydrogen-bond donors (Lipinski definition) is 3. The van der Waals surface area contributed by atoms with Crippen LogP contribution in [0.15, 0.2) is 36.2 Å². The maximum atomic E-state index is 5.66. The number of nitrogens with two attached hydrogens (primary N) is 3. The van der Waals surface area contributed by atoms with Crippen LogP contribution in [0.2, 0.25) is 0 Å². The van der Waals surface area contributed by atoms with Gasteiger partial charge in [-0.1, -0.05) is 0 Å². The second-order valence-corrected chi connectivity index (χ2v) is 2.57. The topological polar surface area (TPSA) is 87.8 Å². The van der Waals surface area contributed by atoms with Gasteiger partial charge in [-0.05, 0) is 0 Å². The zero-order chi connectivity index (χ0) is 8.72. The number of nitrogens with zero attached hydrogens (tertiary/aromatic N) is 3. The van der Waals surface area contributed by atoms with E-state index in [0.717, 1.165) is 5.70 Å². The minimum absolute atomic E-state index is 0.595. The molecule has 0 aromatic heterocycles. The standard InChI is InChI=1S/C6H10N6/c7-5-3-12(9)11-2-1-10(8)4-6(5)11/h1-4H,7-9H2. The number of fused-ring (bicyclic) bond motifs is 1. The van der Waals surface area contributed by atoms with Gasteiger partial charge in [0.25, 0.3) is 0 Å². The molecule has 2 heterocycles. The van der Waals surface area contributed by atoms with Gasteiger partial charge in [-0.3, -0.25) is 5.01 Å². The first-order valence-corrected chi connectivity index (χ1v) is 3.42. The largest absolute Gasteiger partial charge is 0.396 e. The van der Waals surface area contributed by atoms with Crippen LogP contribution in [0.4, 0.5) is 0 Å². The van der Waals surface area contributed by atoms with E-state index in [-0.39, 0.29) is 0 Å². The fourth-order valence-electron chi connectivity index (χ4n) is 1.14. The van der Waals surface area contributed by atoms with Crippen LogP contribution in [0.1, 0.15) is 0 Å². The first-order valence-electron chi connectivity index (χ1n) is 3.42. The maximum absolute atomic E-state index is 5.66. The van der Waals surface area contributed by atoms with E-state index < -0.39 is 0 Å². The van der Waals surface area contributed by atoms with Crippen molar-refractivity contribution >= 4 is 0 Å². The highest BCUT2D eigenvalue weighted by molar-refractivity contribution is 5.33. The SMILES string of the molecule is NC1=CN(N)N2C=CN(N)C=C12. The lowest BCUT2D eigenvalue weighted by Gasteiger charge is -2.27. The average molecular weight is 166 g/mol. The number of hydrogen-bond acceptors (Lipinski definition) is 6. The summed E-state index contributed by atoms with van der Waals surface area (Å²) in [5, 5.41) is 4.51. The van der Waals surface area contributed by atoms with Crippen LogP contribution in [0, 0.1) is 0 Å².